The van der Waals surface area contributed by atoms with Crippen molar-refractivity contribution >= 4 is 33.1 Å². The van der Waals surface area contributed by atoms with Crippen molar-refractivity contribution in [3.05, 3.63) is 23.2 Å². The molecule has 4 nitrogen and oxygen atoms in total. The van der Waals surface area contributed by atoms with E-state index in [9.17, 15) is 4.79 Å². The quantitative estimate of drug-likeness (QED) is 0.851. The maximum atomic E-state index is 12.8. The predicted octanol–water partition coefficient (Wildman–Crippen LogP) is 4.69. The van der Waals surface area contributed by atoms with Crippen molar-refractivity contribution in [2.24, 2.45) is 16.7 Å². The van der Waals surface area contributed by atoms with Gasteiger partial charge in [-0.05, 0) is 68.3 Å². The van der Waals surface area contributed by atoms with Crippen molar-refractivity contribution in [2.75, 3.05) is 25.0 Å². The van der Waals surface area contributed by atoms with Crippen LogP contribution in [0.15, 0.2) is 18.2 Å². The van der Waals surface area contributed by atoms with Gasteiger partial charge in [-0.2, -0.15) is 0 Å². The van der Waals surface area contributed by atoms with Gasteiger partial charge < -0.3 is 10.2 Å². The number of likely N-dealkylation sites (tertiary alicyclic amines) is 1. The lowest BCUT2D eigenvalue weighted by molar-refractivity contribution is -0.118. The number of carbonyl (C=O) groups is 1. The van der Waals surface area contributed by atoms with Crippen LogP contribution in [0.25, 0.3) is 10.2 Å². The van der Waals surface area contributed by atoms with Crippen LogP contribution in [0.4, 0.5) is 5.69 Å². The molecule has 2 heterocycles. The summed E-state index contributed by atoms with van der Waals surface area (Å²) in [6.45, 7) is 12.3. The van der Waals surface area contributed by atoms with Crippen LogP contribution >= 0.6 is 11.3 Å². The second-order valence-corrected chi connectivity index (χ2v) is 10.6. The van der Waals surface area contributed by atoms with Gasteiger partial charge in [0.05, 0.1) is 15.2 Å². The molecule has 2 aromatic rings. The van der Waals surface area contributed by atoms with Gasteiger partial charge in [-0.15, -0.1) is 11.3 Å². The van der Waals surface area contributed by atoms with Crippen molar-refractivity contribution in [1.82, 2.24) is 9.88 Å². The Morgan fingerprint density at radius 3 is 2.77 bits per heavy atom. The minimum absolute atomic E-state index is 0.187. The van der Waals surface area contributed by atoms with E-state index in [1.54, 1.807) is 11.3 Å². The van der Waals surface area contributed by atoms with Crippen LogP contribution in [-0.2, 0) is 4.79 Å². The highest BCUT2D eigenvalue weighted by Gasteiger charge is 2.58. The SMILES string of the molecule is Cc1nc2cc(NC(=O)[C@@H]3CC34CCN(CC(C)(C)C)CC4)ccc2s1. The summed E-state index contributed by atoms with van der Waals surface area (Å²) in [4.78, 5) is 19.8. The van der Waals surface area contributed by atoms with E-state index < -0.39 is 0 Å². The molecule has 0 unspecified atom stereocenters. The van der Waals surface area contributed by atoms with Gasteiger partial charge in [0.1, 0.15) is 0 Å². The number of thiazole rings is 1. The second kappa shape index (κ2) is 6.31. The summed E-state index contributed by atoms with van der Waals surface area (Å²) in [7, 11) is 0. The summed E-state index contributed by atoms with van der Waals surface area (Å²) in [5, 5.41) is 4.20. The third kappa shape index (κ3) is 3.65. The number of aryl methyl sites for hydroxylation is 1. The van der Waals surface area contributed by atoms with Crippen molar-refractivity contribution in [1.29, 1.82) is 0 Å². The molecule has 1 spiro atoms. The lowest BCUT2D eigenvalue weighted by atomic mass is 9.88. The maximum absolute atomic E-state index is 12.8. The molecule has 1 aromatic carbocycles. The van der Waals surface area contributed by atoms with Crippen LogP contribution in [-0.4, -0.2) is 35.4 Å². The van der Waals surface area contributed by atoms with Crippen LogP contribution in [0.1, 0.15) is 45.0 Å². The van der Waals surface area contributed by atoms with Crippen molar-refractivity contribution in [2.45, 2.75) is 47.0 Å². The van der Waals surface area contributed by atoms with E-state index in [1.807, 2.05) is 19.1 Å². The number of nitrogens with zero attached hydrogens (tertiary/aromatic N) is 2. The summed E-state index contributed by atoms with van der Waals surface area (Å²) >= 11 is 1.69. The molecule has 1 aliphatic heterocycles. The molecule has 1 atom stereocenters. The fourth-order valence-corrected chi connectivity index (χ4v) is 5.26. The van der Waals surface area contributed by atoms with E-state index in [0.29, 0.717) is 5.41 Å². The van der Waals surface area contributed by atoms with E-state index in [1.165, 1.54) is 4.70 Å². The maximum Gasteiger partial charge on any atom is 0.228 e. The first-order valence-electron chi connectivity index (χ1n) is 9.65. The molecule has 2 aliphatic rings. The molecule has 0 bridgehead atoms. The Bertz CT molecular complexity index is 827. The second-order valence-electron chi connectivity index (χ2n) is 9.36. The Kier molecular flexibility index (Phi) is 4.35. The Hall–Kier alpha value is -1.46. The Labute approximate surface area is 160 Å². The minimum Gasteiger partial charge on any atom is -0.326 e. The van der Waals surface area contributed by atoms with Crippen molar-refractivity contribution < 1.29 is 4.79 Å². The highest BCUT2D eigenvalue weighted by molar-refractivity contribution is 7.18. The number of benzene rings is 1. The van der Waals surface area contributed by atoms with Crippen LogP contribution in [0.5, 0.6) is 0 Å². The molecule has 1 aliphatic carbocycles. The molecule has 140 valence electrons. The number of anilines is 1. The summed E-state index contributed by atoms with van der Waals surface area (Å²) in [6.07, 6.45) is 3.37. The monoisotopic (exact) mass is 371 g/mol. The number of fused-ring (bicyclic) bond motifs is 1. The largest absolute Gasteiger partial charge is 0.326 e. The van der Waals surface area contributed by atoms with E-state index in [4.69, 9.17) is 0 Å². The predicted molar refractivity (Wildman–Crippen MR) is 109 cm³/mol. The first kappa shape index (κ1) is 17.9. The Morgan fingerprint density at radius 1 is 1.35 bits per heavy atom. The number of carbonyl (C=O) groups excluding carboxylic acids is 1. The number of amides is 1. The zero-order valence-corrected chi connectivity index (χ0v) is 17.1. The summed E-state index contributed by atoms with van der Waals surface area (Å²) in [5.41, 5.74) is 2.46. The van der Waals surface area contributed by atoms with Gasteiger partial charge in [0.25, 0.3) is 0 Å². The van der Waals surface area contributed by atoms with E-state index in [2.05, 4.69) is 42.0 Å². The van der Waals surface area contributed by atoms with E-state index >= 15 is 0 Å². The molecule has 1 amide bonds. The number of hydrogen-bond donors (Lipinski definition) is 1. The fourth-order valence-electron chi connectivity index (χ4n) is 4.45. The molecule has 5 heteroatoms. The molecule has 2 fully saturated rings. The molecular formula is C21H29N3OS. The summed E-state index contributed by atoms with van der Waals surface area (Å²) < 4.78 is 1.18. The zero-order valence-electron chi connectivity index (χ0n) is 16.3. The zero-order chi connectivity index (χ0) is 18.5. The molecule has 0 radical (unpaired) electrons. The average Bonchev–Trinajstić information content (AvgIpc) is 3.12. The lowest BCUT2D eigenvalue weighted by Gasteiger charge is -2.36. The molecule has 1 aromatic heterocycles. The first-order chi connectivity index (χ1) is 12.2. The van der Waals surface area contributed by atoms with E-state index in [-0.39, 0.29) is 17.2 Å². The normalized spacial score (nSPS) is 22.7. The third-order valence-electron chi connectivity index (χ3n) is 5.82. The van der Waals surface area contributed by atoms with Crippen LogP contribution in [0, 0.1) is 23.7 Å². The molecule has 4 rings (SSSR count). The topological polar surface area (TPSA) is 45.2 Å². The highest BCUT2D eigenvalue weighted by Crippen LogP contribution is 2.59. The molecule has 1 saturated heterocycles. The van der Waals surface area contributed by atoms with Gasteiger partial charge in [0.15, 0.2) is 0 Å². The van der Waals surface area contributed by atoms with Crippen molar-refractivity contribution in [3.63, 3.8) is 0 Å². The third-order valence-corrected chi connectivity index (χ3v) is 6.77. The van der Waals surface area contributed by atoms with Gasteiger partial charge in [-0.1, -0.05) is 20.8 Å². The fraction of sp³-hybridized carbons (Fsp3) is 0.619. The molecule has 1 N–H and O–H groups in total. The molecule has 1 saturated carbocycles. The van der Waals surface area contributed by atoms with Gasteiger partial charge in [-0.25, -0.2) is 4.98 Å². The number of nitrogens with one attached hydrogen (secondary N) is 1. The Balaban J connectivity index is 1.35. The number of aromatic nitrogens is 1. The average molecular weight is 372 g/mol. The standard InChI is InChI=1S/C21H29N3OS/c1-14-22-17-11-15(5-6-18(17)26-14)23-19(25)16-12-21(16)7-9-24(10-8-21)13-20(2,3)4/h5-6,11,16H,7-10,12-13H2,1-4H3,(H,23,25)/t16-/m0/s1. The van der Waals surface area contributed by atoms with Crippen LogP contribution in [0.2, 0.25) is 0 Å². The number of rotatable bonds is 3. The Morgan fingerprint density at radius 2 is 2.08 bits per heavy atom. The van der Waals surface area contributed by atoms with Crippen LogP contribution in [0.3, 0.4) is 0 Å². The molecule has 26 heavy (non-hydrogen) atoms. The first-order valence-corrected chi connectivity index (χ1v) is 10.5. The van der Waals surface area contributed by atoms with Crippen molar-refractivity contribution in [3.8, 4) is 0 Å². The van der Waals surface area contributed by atoms with E-state index in [0.717, 1.165) is 55.1 Å². The minimum atomic E-state index is 0.187. The van der Waals surface area contributed by atoms with Crippen LogP contribution < -0.4 is 5.32 Å². The van der Waals surface area contributed by atoms with Gasteiger partial charge in [-0.3, -0.25) is 4.79 Å². The number of piperidine rings is 1. The summed E-state index contributed by atoms with van der Waals surface area (Å²) in [6, 6.07) is 6.06. The lowest BCUT2D eigenvalue weighted by Crippen LogP contribution is -2.40. The van der Waals surface area contributed by atoms with Gasteiger partial charge in [0, 0.05) is 18.2 Å². The smallest absolute Gasteiger partial charge is 0.228 e. The molecular weight excluding hydrogens is 342 g/mol. The number of hydrogen-bond acceptors (Lipinski definition) is 4. The van der Waals surface area contributed by atoms with Gasteiger partial charge in [0.2, 0.25) is 5.91 Å². The summed E-state index contributed by atoms with van der Waals surface area (Å²) in [5.74, 6) is 0.382. The highest BCUT2D eigenvalue weighted by atomic mass is 32.1. The van der Waals surface area contributed by atoms with Gasteiger partial charge >= 0.3 is 0 Å².